The number of carbonyl (C=O) groups excluding carboxylic acids is 1. The summed E-state index contributed by atoms with van der Waals surface area (Å²) >= 11 is 1.39. The largest absolute Gasteiger partial charge is 0.496 e. The maximum absolute atomic E-state index is 13.4. The van der Waals surface area contributed by atoms with E-state index in [1.54, 1.807) is 12.0 Å². The van der Waals surface area contributed by atoms with Gasteiger partial charge >= 0.3 is 0 Å². The normalized spacial score (nSPS) is 17.5. The molecule has 5 heteroatoms. The van der Waals surface area contributed by atoms with Crippen LogP contribution in [0.15, 0.2) is 94.8 Å². The van der Waals surface area contributed by atoms with Gasteiger partial charge in [0, 0.05) is 5.56 Å². The number of nitrogens with zero attached hydrogens (tertiary/aromatic N) is 2. The highest BCUT2D eigenvalue weighted by Gasteiger charge is 2.37. The van der Waals surface area contributed by atoms with Crippen LogP contribution < -0.4 is 4.74 Å². The number of hydrogen-bond donors (Lipinski definition) is 0. The maximum atomic E-state index is 13.4. The molecule has 3 aromatic rings. The van der Waals surface area contributed by atoms with Crippen molar-refractivity contribution in [2.75, 3.05) is 7.11 Å². The summed E-state index contributed by atoms with van der Waals surface area (Å²) in [6.45, 7) is 2.03. The minimum atomic E-state index is -0.141. The number of amidine groups is 1. The van der Waals surface area contributed by atoms with Crippen molar-refractivity contribution in [1.29, 1.82) is 0 Å². The van der Waals surface area contributed by atoms with Gasteiger partial charge in [-0.25, -0.2) is 4.99 Å². The molecular formula is C25H22N2O2S. The Hall–Kier alpha value is -3.31. The second-order valence-corrected chi connectivity index (χ2v) is 7.85. The smallest absolute Gasteiger partial charge is 0.267 e. The molecule has 0 saturated carbocycles. The van der Waals surface area contributed by atoms with E-state index in [9.17, 15) is 4.79 Å². The molecule has 1 heterocycles. The molecule has 4 nitrogen and oxygen atoms in total. The molecule has 150 valence electrons. The maximum Gasteiger partial charge on any atom is 0.267 e. The first-order valence-electron chi connectivity index (χ1n) is 9.72. The van der Waals surface area contributed by atoms with Crippen LogP contribution in [0, 0.1) is 0 Å². The van der Waals surface area contributed by atoms with Crippen molar-refractivity contribution in [1.82, 2.24) is 4.90 Å². The van der Waals surface area contributed by atoms with Gasteiger partial charge in [-0.2, -0.15) is 0 Å². The molecule has 1 saturated heterocycles. The zero-order valence-corrected chi connectivity index (χ0v) is 17.7. The SMILES string of the molecule is COc1ccccc1/C=C1/SC(=Nc2ccccc2)N([C@H](C)c2ccccc2)C1=O. The van der Waals surface area contributed by atoms with Crippen LogP contribution in [0.25, 0.3) is 6.08 Å². The second-order valence-electron chi connectivity index (χ2n) is 6.84. The summed E-state index contributed by atoms with van der Waals surface area (Å²) in [6, 6.07) is 27.3. The van der Waals surface area contributed by atoms with Gasteiger partial charge in [0.05, 0.1) is 23.7 Å². The first-order chi connectivity index (χ1) is 14.7. The van der Waals surface area contributed by atoms with E-state index in [0.717, 1.165) is 22.6 Å². The van der Waals surface area contributed by atoms with E-state index in [4.69, 9.17) is 9.73 Å². The van der Waals surface area contributed by atoms with Crippen LogP contribution in [0.5, 0.6) is 5.75 Å². The Balaban J connectivity index is 1.76. The van der Waals surface area contributed by atoms with Crippen molar-refractivity contribution in [3.63, 3.8) is 0 Å². The summed E-state index contributed by atoms with van der Waals surface area (Å²) < 4.78 is 5.45. The third kappa shape index (κ3) is 4.16. The van der Waals surface area contributed by atoms with Crippen LogP contribution in [0.3, 0.4) is 0 Å². The number of amides is 1. The zero-order chi connectivity index (χ0) is 20.9. The van der Waals surface area contributed by atoms with Crippen LogP contribution >= 0.6 is 11.8 Å². The topological polar surface area (TPSA) is 41.9 Å². The fraction of sp³-hybridized carbons (Fsp3) is 0.120. The van der Waals surface area contributed by atoms with Crippen molar-refractivity contribution in [3.8, 4) is 5.75 Å². The number of carbonyl (C=O) groups is 1. The Morgan fingerprint density at radius 2 is 1.57 bits per heavy atom. The summed E-state index contributed by atoms with van der Waals surface area (Å²) in [5, 5.41) is 0.670. The molecule has 0 radical (unpaired) electrons. The molecule has 1 atom stereocenters. The van der Waals surface area contributed by atoms with Crippen LogP contribution in [0.1, 0.15) is 24.1 Å². The van der Waals surface area contributed by atoms with Gasteiger partial charge in [-0.05, 0) is 48.5 Å². The van der Waals surface area contributed by atoms with Crippen LogP contribution in [-0.2, 0) is 4.79 Å². The van der Waals surface area contributed by atoms with Crippen molar-refractivity contribution >= 4 is 34.6 Å². The number of thioether (sulfide) groups is 1. The Bertz CT molecular complexity index is 1090. The standard InChI is InChI=1S/C25H22N2O2S/c1-18(19-11-5-3-6-12-19)27-24(28)23(17-20-13-9-10-16-22(20)29-2)30-25(27)26-21-14-7-4-8-15-21/h3-18H,1-2H3/b23-17+,26-25?/t18-/m1/s1. The highest BCUT2D eigenvalue weighted by atomic mass is 32.2. The van der Waals surface area contributed by atoms with Gasteiger partial charge < -0.3 is 4.74 Å². The third-order valence-electron chi connectivity index (χ3n) is 4.91. The number of para-hydroxylation sites is 2. The fourth-order valence-electron chi connectivity index (χ4n) is 3.33. The summed E-state index contributed by atoms with van der Waals surface area (Å²) in [7, 11) is 1.63. The van der Waals surface area contributed by atoms with E-state index in [-0.39, 0.29) is 11.9 Å². The van der Waals surface area contributed by atoms with E-state index in [2.05, 4.69) is 0 Å². The predicted octanol–water partition coefficient (Wildman–Crippen LogP) is 6.06. The highest BCUT2D eigenvalue weighted by molar-refractivity contribution is 8.18. The van der Waals surface area contributed by atoms with E-state index >= 15 is 0 Å². The quantitative estimate of drug-likeness (QED) is 0.477. The average molecular weight is 415 g/mol. The monoisotopic (exact) mass is 414 g/mol. The van der Waals surface area contributed by atoms with Crippen molar-refractivity contribution in [2.45, 2.75) is 13.0 Å². The van der Waals surface area contributed by atoms with Crippen molar-refractivity contribution in [2.24, 2.45) is 4.99 Å². The van der Waals surface area contributed by atoms with E-state index in [0.29, 0.717) is 10.1 Å². The summed E-state index contributed by atoms with van der Waals surface area (Å²) in [6.07, 6.45) is 1.88. The summed E-state index contributed by atoms with van der Waals surface area (Å²) in [5.74, 6) is 0.673. The third-order valence-corrected chi connectivity index (χ3v) is 5.90. The lowest BCUT2D eigenvalue weighted by molar-refractivity contribution is -0.123. The van der Waals surface area contributed by atoms with Gasteiger partial charge in [-0.1, -0.05) is 66.7 Å². The lowest BCUT2D eigenvalue weighted by Crippen LogP contribution is -2.32. The highest BCUT2D eigenvalue weighted by Crippen LogP contribution is 2.39. The first kappa shape index (κ1) is 20.0. The van der Waals surface area contributed by atoms with Gasteiger partial charge in [0.2, 0.25) is 0 Å². The number of hydrogen-bond acceptors (Lipinski definition) is 4. The number of benzene rings is 3. The average Bonchev–Trinajstić information content (AvgIpc) is 3.09. The Labute approximate surface area is 180 Å². The van der Waals surface area contributed by atoms with E-state index in [1.165, 1.54) is 11.8 Å². The lowest BCUT2D eigenvalue weighted by Gasteiger charge is -2.24. The van der Waals surface area contributed by atoms with Crippen LogP contribution in [0.4, 0.5) is 5.69 Å². The zero-order valence-electron chi connectivity index (χ0n) is 16.9. The molecule has 0 N–H and O–H groups in total. The van der Waals surface area contributed by atoms with Gasteiger partial charge in [0.15, 0.2) is 5.17 Å². The molecule has 1 amide bonds. The number of aliphatic imine (C=N–C) groups is 1. The van der Waals surface area contributed by atoms with E-state index < -0.39 is 0 Å². The number of methoxy groups -OCH3 is 1. The molecule has 0 unspecified atom stereocenters. The molecular weight excluding hydrogens is 392 g/mol. The Morgan fingerprint density at radius 3 is 2.27 bits per heavy atom. The molecule has 0 aliphatic carbocycles. The molecule has 1 fully saturated rings. The van der Waals surface area contributed by atoms with Gasteiger partial charge in [-0.15, -0.1) is 0 Å². The van der Waals surface area contributed by atoms with Crippen LogP contribution in [0.2, 0.25) is 0 Å². The van der Waals surface area contributed by atoms with E-state index in [1.807, 2.05) is 97.9 Å². The van der Waals surface area contributed by atoms with Gasteiger partial charge in [-0.3, -0.25) is 9.69 Å². The summed E-state index contributed by atoms with van der Waals surface area (Å²) in [4.78, 5) is 20.6. The molecule has 3 aromatic carbocycles. The minimum absolute atomic E-state index is 0.0584. The van der Waals surface area contributed by atoms with Crippen molar-refractivity contribution in [3.05, 3.63) is 101 Å². The van der Waals surface area contributed by atoms with Crippen LogP contribution in [-0.4, -0.2) is 23.1 Å². The summed E-state index contributed by atoms with van der Waals surface area (Å²) in [5.41, 5.74) is 2.74. The molecule has 30 heavy (non-hydrogen) atoms. The molecule has 0 spiro atoms. The first-order valence-corrected chi connectivity index (χ1v) is 10.5. The Kier molecular flexibility index (Phi) is 6.00. The molecule has 1 aliphatic rings. The number of rotatable bonds is 5. The second kappa shape index (κ2) is 9.01. The van der Waals surface area contributed by atoms with Crippen molar-refractivity contribution < 1.29 is 9.53 Å². The fourth-order valence-corrected chi connectivity index (χ4v) is 4.39. The lowest BCUT2D eigenvalue weighted by atomic mass is 10.1. The molecule has 1 aliphatic heterocycles. The molecule has 0 bridgehead atoms. The number of ether oxygens (including phenoxy) is 1. The van der Waals surface area contributed by atoms with Gasteiger partial charge in [0.1, 0.15) is 5.75 Å². The molecule has 0 aromatic heterocycles. The molecule has 4 rings (SSSR count). The minimum Gasteiger partial charge on any atom is -0.496 e. The van der Waals surface area contributed by atoms with Gasteiger partial charge in [0.25, 0.3) is 5.91 Å². The Morgan fingerprint density at radius 1 is 0.933 bits per heavy atom. The predicted molar refractivity (Wildman–Crippen MR) is 124 cm³/mol.